The number of nitrogens with zero attached hydrogens (tertiary/aromatic N) is 5. The van der Waals surface area contributed by atoms with Gasteiger partial charge in [-0.1, -0.05) is 63.2 Å². The Morgan fingerprint density at radius 1 is 1.11 bits per heavy atom. The van der Waals surface area contributed by atoms with Gasteiger partial charge in [0.1, 0.15) is 28.2 Å². The molecule has 7 rings (SSSR count). The molecule has 0 radical (unpaired) electrons. The highest BCUT2D eigenvalue weighted by atomic mass is 32.2. The van der Waals surface area contributed by atoms with Crippen LogP contribution in [0, 0.1) is 11.8 Å². The first-order chi connectivity index (χ1) is 29.3. The van der Waals surface area contributed by atoms with Crippen molar-refractivity contribution in [1.82, 2.24) is 33.8 Å². The quantitative estimate of drug-likeness (QED) is 0.0989. The normalized spacial score (nSPS) is 25.9. The van der Waals surface area contributed by atoms with Crippen LogP contribution in [0.1, 0.15) is 128 Å². The van der Waals surface area contributed by atoms with Gasteiger partial charge in [0.05, 0.1) is 29.4 Å². The van der Waals surface area contributed by atoms with Gasteiger partial charge in [0.25, 0.3) is 11.9 Å². The minimum Gasteiger partial charge on any atom is -0.459 e. The zero-order valence-corrected chi connectivity index (χ0v) is 38.9. The summed E-state index contributed by atoms with van der Waals surface area (Å²) in [5, 5.41) is 13.9. The lowest BCUT2D eigenvalue weighted by Gasteiger charge is -2.28. The van der Waals surface area contributed by atoms with E-state index >= 15 is 0 Å². The third-order valence-corrected chi connectivity index (χ3v) is 14.5. The van der Waals surface area contributed by atoms with Gasteiger partial charge in [0.15, 0.2) is 0 Å². The molecular formula is C44H72N8O8S2. The molecule has 18 heteroatoms. The lowest BCUT2D eigenvalue weighted by Crippen LogP contribution is -2.58. The first-order valence-electron chi connectivity index (χ1n) is 22.1. The summed E-state index contributed by atoms with van der Waals surface area (Å²) in [4.78, 5) is 57.4. The van der Waals surface area contributed by atoms with E-state index in [2.05, 4.69) is 34.2 Å². The molecule has 5 atom stereocenters. The largest absolute Gasteiger partial charge is 0.459 e. The van der Waals surface area contributed by atoms with Gasteiger partial charge in [-0.2, -0.15) is 17.7 Å². The van der Waals surface area contributed by atoms with E-state index in [0.717, 1.165) is 63.7 Å². The molecule has 2 aliphatic carbocycles. The fourth-order valence-corrected chi connectivity index (χ4v) is 10.0. The molecule has 3 amide bonds. The molecule has 0 unspecified atom stereocenters. The number of para-hydroxylation sites is 1. The third-order valence-electron chi connectivity index (χ3n) is 12.1. The van der Waals surface area contributed by atoms with Crippen molar-refractivity contribution < 1.29 is 42.0 Å². The molecule has 4 heterocycles. The number of fused-ring (bicyclic) bond motifs is 3. The van der Waals surface area contributed by atoms with Crippen LogP contribution in [-0.2, 0) is 35.9 Å². The number of aromatic nitrogens is 3. The number of nitrogens with one attached hydrogen (secondary N) is 2. The Morgan fingerprint density at radius 3 is 2.48 bits per heavy atom. The molecule has 62 heavy (non-hydrogen) atoms. The van der Waals surface area contributed by atoms with Crippen LogP contribution in [0.25, 0.3) is 21.6 Å². The first kappa shape index (κ1) is 47.5. The molecule has 3 fully saturated rings. The van der Waals surface area contributed by atoms with Gasteiger partial charge in [-0.3, -0.25) is 24.2 Å². The number of hydrogen-bond donors (Lipinski definition) is 4. The molecule has 2 saturated carbocycles. The average Bonchev–Trinajstić information content (AvgIpc) is 3.54. The predicted molar refractivity (Wildman–Crippen MR) is 246 cm³/mol. The Labute approximate surface area is 374 Å². The molecule has 2 aliphatic heterocycles. The second-order valence-corrected chi connectivity index (χ2v) is 21.5. The van der Waals surface area contributed by atoms with Crippen molar-refractivity contribution in [1.29, 1.82) is 0 Å². The van der Waals surface area contributed by atoms with E-state index in [0.29, 0.717) is 18.3 Å². The first-order valence-corrected chi connectivity index (χ1v) is 24.4. The Morgan fingerprint density at radius 2 is 1.81 bits per heavy atom. The highest BCUT2D eigenvalue weighted by Crippen LogP contribution is 2.46. The number of hydrogen-bond acceptors (Lipinski definition) is 12. The zero-order valence-electron chi connectivity index (χ0n) is 37.3. The monoisotopic (exact) mass is 904 g/mol. The van der Waals surface area contributed by atoms with Crippen LogP contribution in [0.3, 0.4) is 0 Å². The van der Waals surface area contributed by atoms with Gasteiger partial charge in [0.2, 0.25) is 11.8 Å². The number of benzene rings is 1. The molecule has 2 aromatic heterocycles. The maximum Gasteiger partial charge on any atom is 0.303 e. The Kier molecular flexibility index (Phi) is 15.2. The van der Waals surface area contributed by atoms with Crippen molar-refractivity contribution >= 4 is 50.3 Å². The minimum atomic E-state index is -4.12. The fraction of sp³-hybridized carbons (Fsp3) is 0.659. The Bertz CT molecular complexity index is 2210. The second-order valence-electron chi connectivity index (χ2n) is 18.7. The van der Waals surface area contributed by atoms with Gasteiger partial charge in [-0.25, -0.2) is 14.6 Å². The summed E-state index contributed by atoms with van der Waals surface area (Å²) in [5.74, 6) is -1.47. The maximum atomic E-state index is 14.3. The SMILES string of the molecule is CC(C)(C)OO.CC(C)n1c(O[C@@H]2C[C@H]3C(=O)N[C@]4(C(=O)NS(=O)(=O)N(C)C)C[C@H]4/C=C\CCCCC[C@H](N)C(=O)N3C2)nc2c(-c3nc(CC4CCCCC4)cs3)cccc21.[HH].[HH].[HH]. The van der Waals surface area contributed by atoms with Crippen LogP contribution in [0.4, 0.5) is 0 Å². The summed E-state index contributed by atoms with van der Waals surface area (Å²) < 4.78 is 37.1. The molecule has 5 N–H and O–H groups in total. The number of nitrogens with two attached hydrogens (primary N) is 1. The van der Waals surface area contributed by atoms with Gasteiger partial charge < -0.3 is 20.7 Å². The van der Waals surface area contributed by atoms with Gasteiger partial charge in [-0.15, -0.1) is 11.3 Å². The second kappa shape index (κ2) is 19.8. The molecule has 348 valence electrons. The Hall–Kier alpha value is -3.94. The lowest BCUT2D eigenvalue weighted by molar-refractivity contribution is -0.306. The van der Waals surface area contributed by atoms with Crippen LogP contribution >= 0.6 is 11.3 Å². The maximum absolute atomic E-state index is 14.3. The summed E-state index contributed by atoms with van der Waals surface area (Å²) in [7, 11) is -1.48. The van der Waals surface area contributed by atoms with Crippen molar-refractivity contribution in [3.8, 4) is 16.6 Å². The smallest absolute Gasteiger partial charge is 0.303 e. The van der Waals surface area contributed by atoms with Gasteiger partial charge in [-0.05, 0) is 84.8 Å². The van der Waals surface area contributed by atoms with Crippen molar-refractivity contribution in [2.45, 2.75) is 153 Å². The number of ether oxygens (including phenoxy) is 1. The summed E-state index contributed by atoms with van der Waals surface area (Å²) in [5.41, 5.74) is 8.30. The number of amides is 3. The molecular weight excluding hydrogens is 833 g/mol. The van der Waals surface area contributed by atoms with E-state index in [1.54, 1.807) is 32.1 Å². The number of thiazole rings is 1. The predicted octanol–water partition coefficient (Wildman–Crippen LogP) is 6.87. The van der Waals surface area contributed by atoms with Gasteiger partial charge in [0, 0.05) is 47.7 Å². The van der Waals surface area contributed by atoms with Crippen LogP contribution in [0.5, 0.6) is 6.01 Å². The highest BCUT2D eigenvalue weighted by molar-refractivity contribution is 7.87. The van der Waals surface area contributed by atoms with E-state index in [9.17, 15) is 22.8 Å². The Balaban J connectivity index is 0.00000117. The van der Waals surface area contributed by atoms with Crippen LogP contribution in [-0.4, -0.2) is 105 Å². The number of rotatable bonds is 9. The molecule has 0 bridgehead atoms. The topological polar surface area (TPSA) is 211 Å². The van der Waals surface area contributed by atoms with E-state index in [4.69, 9.17) is 25.7 Å². The summed E-state index contributed by atoms with van der Waals surface area (Å²) in [6.45, 7) is 9.52. The standard InChI is InChI=1S/C40H56N8O6S2.C4H10O2.3H2/c1-25(2)48-32-19-13-17-30(36-42-28(24-55-36)20-26-14-9-8-10-15-26)34(32)43-39(48)54-29-21-33-35(49)44-40(38(51)45-56(52,53)46(3)4)22-27(40)16-11-6-5-7-12-18-31(41)37(50)47(33)23-29;1-4(2,3)6-5;;;/h11,13,16-17,19,24-27,29,31,33H,5-10,12,14-15,18,20-23,41H2,1-4H3,(H,44,49)(H,45,51);5H,1-3H3;3*1H/b16-11-;;;;/t27-,29-,31+,33+,40-;;;;/m1..../s1. The lowest BCUT2D eigenvalue weighted by atomic mass is 9.86. The van der Waals surface area contributed by atoms with E-state index in [1.165, 1.54) is 51.1 Å². The minimum absolute atomic E-state index is 0. The molecule has 3 aromatic rings. The summed E-state index contributed by atoms with van der Waals surface area (Å²) in [6.07, 6.45) is 14.7. The van der Waals surface area contributed by atoms with Crippen molar-refractivity contribution in [2.75, 3.05) is 20.6 Å². The summed E-state index contributed by atoms with van der Waals surface area (Å²) >= 11 is 1.63. The molecule has 1 aromatic carbocycles. The molecule has 0 spiro atoms. The van der Waals surface area contributed by atoms with E-state index < -0.39 is 57.3 Å². The van der Waals surface area contributed by atoms with Crippen molar-refractivity contribution in [3.05, 3.63) is 41.4 Å². The van der Waals surface area contributed by atoms with Crippen molar-refractivity contribution in [2.24, 2.45) is 17.6 Å². The summed E-state index contributed by atoms with van der Waals surface area (Å²) in [6, 6.07) is 4.61. The number of allylic oxidation sites excluding steroid dienone is 1. The number of carbonyl (C=O) groups is 3. The molecule has 4 aliphatic rings. The van der Waals surface area contributed by atoms with Crippen LogP contribution in [0.15, 0.2) is 35.7 Å². The molecule has 16 nitrogen and oxygen atoms in total. The molecule has 1 saturated heterocycles. The number of carbonyl (C=O) groups excluding carboxylic acids is 3. The average molecular weight is 905 g/mol. The van der Waals surface area contributed by atoms with E-state index in [-0.39, 0.29) is 35.6 Å². The van der Waals surface area contributed by atoms with Crippen LogP contribution < -0.4 is 20.5 Å². The van der Waals surface area contributed by atoms with E-state index in [1.807, 2.05) is 34.9 Å². The fourth-order valence-electron chi connectivity index (χ4n) is 8.57. The van der Waals surface area contributed by atoms with Crippen molar-refractivity contribution in [3.63, 3.8) is 0 Å². The van der Waals surface area contributed by atoms with Gasteiger partial charge >= 0.3 is 10.2 Å². The third kappa shape index (κ3) is 11.2. The van der Waals surface area contributed by atoms with Crippen LogP contribution in [0.2, 0.25) is 0 Å². The highest BCUT2D eigenvalue weighted by Gasteiger charge is 2.61. The zero-order chi connectivity index (χ0) is 45.0. The number of imidazole rings is 1.